The Labute approximate surface area is 197 Å². The summed E-state index contributed by atoms with van der Waals surface area (Å²) in [5.74, 6) is -0.695. The zero-order valence-corrected chi connectivity index (χ0v) is 18.8. The number of carbonyl (C=O) groups is 2. The summed E-state index contributed by atoms with van der Waals surface area (Å²) in [5.41, 5.74) is 3.71. The number of fused-ring (bicyclic) bond motifs is 1. The van der Waals surface area contributed by atoms with Crippen LogP contribution in [0.5, 0.6) is 0 Å². The number of esters is 1. The predicted molar refractivity (Wildman–Crippen MR) is 134 cm³/mol. The van der Waals surface area contributed by atoms with E-state index in [0.717, 1.165) is 21.9 Å². The molecule has 0 aromatic heterocycles. The lowest BCUT2D eigenvalue weighted by Gasteiger charge is -2.13. The molecular weight excluding hydrogens is 434 g/mol. The Balaban J connectivity index is 1.68. The summed E-state index contributed by atoms with van der Waals surface area (Å²) in [6.07, 6.45) is 2.96. The number of hydrogen-bond donors (Lipinski definition) is 1. The van der Waals surface area contributed by atoms with Crippen LogP contribution in [0.4, 0.5) is 5.69 Å². The third kappa shape index (κ3) is 5.30. The van der Waals surface area contributed by atoms with Gasteiger partial charge in [0.15, 0.2) is 0 Å². The molecule has 1 N–H and O–H groups in total. The third-order valence-corrected chi connectivity index (χ3v) is 5.48. The van der Waals surface area contributed by atoms with Crippen molar-refractivity contribution in [3.63, 3.8) is 0 Å². The van der Waals surface area contributed by atoms with E-state index >= 15 is 0 Å². The van der Waals surface area contributed by atoms with Crippen LogP contribution in [0.1, 0.15) is 22.8 Å². The summed E-state index contributed by atoms with van der Waals surface area (Å²) in [7, 11) is 0. The van der Waals surface area contributed by atoms with E-state index in [0.29, 0.717) is 28.4 Å². The molecule has 4 rings (SSSR count). The Morgan fingerprint density at radius 1 is 0.909 bits per heavy atom. The molecule has 0 radical (unpaired) electrons. The van der Waals surface area contributed by atoms with E-state index in [9.17, 15) is 9.59 Å². The lowest BCUT2D eigenvalue weighted by Crippen LogP contribution is -2.13. The number of rotatable bonds is 6. The van der Waals surface area contributed by atoms with Crippen LogP contribution >= 0.6 is 11.6 Å². The molecule has 164 valence electrons. The SMILES string of the molecule is CCOC(=O)/C=C/c1ccc(Cl)c(NC(=O)c2cc(-c3ccccc3)cc3ccccc23)c1. The Morgan fingerprint density at radius 3 is 2.45 bits per heavy atom. The smallest absolute Gasteiger partial charge is 0.330 e. The maximum absolute atomic E-state index is 13.4. The molecule has 0 aliphatic heterocycles. The summed E-state index contributed by atoms with van der Waals surface area (Å²) in [4.78, 5) is 25.0. The lowest BCUT2D eigenvalue weighted by molar-refractivity contribution is -0.137. The molecule has 1 amide bonds. The third-order valence-electron chi connectivity index (χ3n) is 5.15. The van der Waals surface area contributed by atoms with Crippen LogP contribution in [-0.4, -0.2) is 18.5 Å². The molecule has 0 bridgehead atoms. The van der Waals surface area contributed by atoms with Gasteiger partial charge in [-0.1, -0.05) is 72.3 Å². The summed E-state index contributed by atoms with van der Waals surface area (Å²) < 4.78 is 4.91. The van der Waals surface area contributed by atoms with Gasteiger partial charge in [0.05, 0.1) is 17.3 Å². The summed E-state index contributed by atoms with van der Waals surface area (Å²) in [6, 6.07) is 26.9. The van der Waals surface area contributed by atoms with Gasteiger partial charge in [-0.05, 0) is 64.7 Å². The Hall–Kier alpha value is -3.89. The van der Waals surface area contributed by atoms with Gasteiger partial charge in [-0.25, -0.2) is 4.79 Å². The number of halogens is 1. The van der Waals surface area contributed by atoms with E-state index < -0.39 is 5.97 Å². The fraction of sp³-hybridized carbons (Fsp3) is 0.0714. The van der Waals surface area contributed by atoms with Crippen LogP contribution in [0.25, 0.3) is 28.0 Å². The molecule has 0 aliphatic carbocycles. The van der Waals surface area contributed by atoms with Crippen molar-refractivity contribution in [1.82, 2.24) is 0 Å². The van der Waals surface area contributed by atoms with Gasteiger partial charge in [0, 0.05) is 11.6 Å². The minimum atomic E-state index is -0.428. The molecule has 4 nitrogen and oxygen atoms in total. The van der Waals surface area contributed by atoms with Gasteiger partial charge in [0.2, 0.25) is 0 Å². The van der Waals surface area contributed by atoms with Crippen molar-refractivity contribution in [3.05, 3.63) is 107 Å². The summed E-state index contributed by atoms with van der Waals surface area (Å²) >= 11 is 6.36. The Kier molecular flexibility index (Phi) is 6.86. The number of benzene rings is 4. The van der Waals surface area contributed by atoms with Gasteiger partial charge in [0.1, 0.15) is 0 Å². The van der Waals surface area contributed by atoms with Gasteiger partial charge in [-0.2, -0.15) is 0 Å². The Morgan fingerprint density at radius 2 is 1.67 bits per heavy atom. The molecule has 0 unspecified atom stereocenters. The van der Waals surface area contributed by atoms with Crippen LogP contribution in [-0.2, 0) is 9.53 Å². The van der Waals surface area contributed by atoms with E-state index in [1.807, 2.05) is 60.7 Å². The highest BCUT2D eigenvalue weighted by Gasteiger charge is 2.14. The second-order valence-corrected chi connectivity index (χ2v) is 7.80. The molecule has 0 saturated heterocycles. The molecule has 0 aliphatic rings. The van der Waals surface area contributed by atoms with Gasteiger partial charge in [-0.15, -0.1) is 0 Å². The van der Waals surface area contributed by atoms with Gasteiger partial charge in [-0.3, -0.25) is 4.79 Å². The molecule has 0 fully saturated rings. The predicted octanol–water partition coefficient (Wildman–Crippen LogP) is 6.99. The van der Waals surface area contributed by atoms with Crippen LogP contribution in [0, 0.1) is 0 Å². The average Bonchev–Trinajstić information content (AvgIpc) is 2.84. The van der Waals surface area contributed by atoms with Crippen LogP contribution in [0.15, 0.2) is 91.0 Å². The largest absolute Gasteiger partial charge is 0.463 e. The number of ether oxygens (including phenoxy) is 1. The van der Waals surface area contributed by atoms with Crippen molar-refractivity contribution >= 4 is 46.0 Å². The minimum Gasteiger partial charge on any atom is -0.463 e. The maximum atomic E-state index is 13.4. The number of amides is 1. The molecule has 0 heterocycles. The minimum absolute atomic E-state index is 0.266. The highest BCUT2D eigenvalue weighted by molar-refractivity contribution is 6.34. The van der Waals surface area contributed by atoms with Gasteiger partial charge < -0.3 is 10.1 Å². The van der Waals surface area contributed by atoms with E-state index in [1.54, 1.807) is 31.2 Å². The number of anilines is 1. The van der Waals surface area contributed by atoms with Gasteiger partial charge >= 0.3 is 5.97 Å². The van der Waals surface area contributed by atoms with Crippen LogP contribution in [0.3, 0.4) is 0 Å². The van der Waals surface area contributed by atoms with Crippen molar-refractivity contribution in [2.45, 2.75) is 6.92 Å². The molecule has 5 heteroatoms. The van der Waals surface area contributed by atoms with E-state index in [4.69, 9.17) is 16.3 Å². The highest BCUT2D eigenvalue weighted by atomic mass is 35.5. The Bertz CT molecular complexity index is 1350. The maximum Gasteiger partial charge on any atom is 0.330 e. The highest BCUT2D eigenvalue weighted by Crippen LogP contribution is 2.30. The summed E-state index contributed by atoms with van der Waals surface area (Å²) in [6.45, 7) is 2.05. The standard InChI is InChI=1S/C28H22ClNO3/c1-2-33-27(31)15-13-19-12-14-25(29)26(16-19)30-28(32)24-18-22(20-8-4-3-5-9-20)17-21-10-6-7-11-23(21)24/h3-18H,2H2,1H3,(H,30,32)/b15-13+. The molecule has 4 aromatic rings. The average molecular weight is 456 g/mol. The molecule has 0 atom stereocenters. The van der Waals surface area contributed by atoms with Crippen molar-refractivity contribution in [2.75, 3.05) is 11.9 Å². The van der Waals surface area contributed by atoms with E-state index in [1.165, 1.54) is 6.08 Å². The second-order valence-electron chi connectivity index (χ2n) is 7.39. The lowest BCUT2D eigenvalue weighted by atomic mass is 9.96. The zero-order chi connectivity index (χ0) is 23.2. The molecule has 0 saturated carbocycles. The van der Waals surface area contributed by atoms with Crippen molar-refractivity contribution in [3.8, 4) is 11.1 Å². The van der Waals surface area contributed by atoms with Crippen LogP contribution < -0.4 is 5.32 Å². The fourth-order valence-corrected chi connectivity index (χ4v) is 3.75. The number of nitrogens with one attached hydrogen (secondary N) is 1. The topological polar surface area (TPSA) is 55.4 Å². The monoisotopic (exact) mass is 455 g/mol. The number of carbonyl (C=O) groups excluding carboxylic acids is 2. The zero-order valence-electron chi connectivity index (χ0n) is 18.0. The van der Waals surface area contributed by atoms with Crippen LogP contribution in [0.2, 0.25) is 5.02 Å². The quantitative estimate of drug-likeness (QED) is 0.252. The molecule has 33 heavy (non-hydrogen) atoms. The van der Waals surface area contributed by atoms with E-state index in [2.05, 4.69) is 11.4 Å². The molecular formula is C28H22ClNO3. The van der Waals surface area contributed by atoms with Crippen molar-refractivity contribution < 1.29 is 14.3 Å². The van der Waals surface area contributed by atoms with E-state index in [-0.39, 0.29) is 5.91 Å². The van der Waals surface area contributed by atoms with Gasteiger partial charge in [0.25, 0.3) is 5.91 Å². The first kappa shape index (κ1) is 22.3. The molecule has 4 aromatic carbocycles. The normalized spacial score (nSPS) is 11.0. The fourth-order valence-electron chi connectivity index (χ4n) is 3.58. The first-order valence-electron chi connectivity index (χ1n) is 10.6. The molecule has 0 spiro atoms. The second kappa shape index (κ2) is 10.2. The van der Waals surface area contributed by atoms with Crippen molar-refractivity contribution in [1.29, 1.82) is 0 Å². The summed E-state index contributed by atoms with van der Waals surface area (Å²) in [5, 5.41) is 5.16. The first-order valence-corrected chi connectivity index (χ1v) is 11.0. The number of hydrogen-bond acceptors (Lipinski definition) is 3. The first-order chi connectivity index (χ1) is 16.0. The van der Waals surface area contributed by atoms with Crippen molar-refractivity contribution in [2.24, 2.45) is 0 Å².